The Morgan fingerprint density at radius 1 is 1.11 bits per heavy atom. The second kappa shape index (κ2) is 6.56. The molecule has 2 aliphatic rings. The molecule has 1 unspecified atom stereocenters. The molecule has 0 aliphatic carbocycles. The first kappa shape index (κ1) is 17.9. The van der Waals surface area contributed by atoms with Gasteiger partial charge in [0.05, 0.1) is 17.7 Å². The lowest BCUT2D eigenvalue weighted by molar-refractivity contribution is -0.166. The van der Waals surface area contributed by atoms with Crippen LogP contribution in [0.25, 0.3) is 0 Å². The average molecular weight is 377 g/mol. The van der Waals surface area contributed by atoms with Gasteiger partial charge in [-0.3, -0.25) is 0 Å². The molecule has 4 rings (SSSR count). The molecular weight excluding hydrogens is 359 g/mol. The molecular formula is C20H18F3NO3. The van der Waals surface area contributed by atoms with Crippen molar-refractivity contribution in [2.45, 2.75) is 37.3 Å². The Kier molecular flexibility index (Phi) is 4.34. The van der Waals surface area contributed by atoms with Gasteiger partial charge >= 0.3 is 12.1 Å². The fourth-order valence-corrected chi connectivity index (χ4v) is 4.04. The highest BCUT2D eigenvalue weighted by Gasteiger charge is 2.44. The minimum atomic E-state index is -4.47. The van der Waals surface area contributed by atoms with Crippen LogP contribution < -0.4 is 5.32 Å². The monoisotopic (exact) mass is 377 g/mol. The third-order valence-electron chi connectivity index (χ3n) is 5.32. The van der Waals surface area contributed by atoms with E-state index in [1.165, 1.54) is 6.07 Å². The maximum atomic E-state index is 13.2. The number of anilines is 1. The van der Waals surface area contributed by atoms with E-state index >= 15 is 0 Å². The Bertz CT molecular complexity index is 853. The maximum absolute atomic E-state index is 13.2. The molecule has 1 saturated heterocycles. The van der Waals surface area contributed by atoms with E-state index < -0.39 is 29.9 Å². The van der Waals surface area contributed by atoms with E-state index in [-0.39, 0.29) is 12.0 Å². The number of rotatable bonds is 2. The van der Waals surface area contributed by atoms with Crippen LogP contribution in [-0.2, 0) is 15.7 Å². The Morgan fingerprint density at radius 2 is 1.85 bits per heavy atom. The van der Waals surface area contributed by atoms with Crippen molar-refractivity contribution in [2.75, 3.05) is 5.32 Å². The molecule has 0 bridgehead atoms. The molecule has 0 spiro atoms. The number of halogens is 3. The van der Waals surface area contributed by atoms with Gasteiger partial charge in [-0.15, -0.1) is 0 Å². The molecule has 7 heteroatoms. The highest BCUT2D eigenvalue weighted by Crippen LogP contribution is 2.51. The summed E-state index contributed by atoms with van der Waals surface area (Å²) in [5.74, 6) is -1.24. The van der Waals surface area contributed by atoms with E-state index in [0.717, 1.165) is 17.7 Å². The number of alkyl halides is 3. The number of fused-ring (bicyclic) bond motifs is 3. The van der Waals surface area contributed by atoms with Gasteiger partial charge in [0, 0.05) is 17.2 Å². The number of hydrogen-bond donors (Lipinski definition) is 2. The van der Waals surface area contributed by atoms with Crippen molar-refractivity contribution < 1.29 is 27.8 Å². The first-order chi connectivity index (χ1) is 12.8. The van der Waals surface area contributed by atoms with Gasteiger partial charge in [0.15, 0.2) is 6.10 Å². The molecule has 27 heavy (non-hydrogen) atoms. The largest absolute Gasteiger partial charge is 0.479 e. The van der Waals surface area contributed by atoms with E-state index in [4.69, 9.17) is 4.74 Å². The standard InChI is InChI=1S/C20H18F3NO3/c21-20(22,23)12-6-8-15-14(10-12)18-13(7-9-16(27-18)19(25)26)17(24-15)11-4-2-1-3-5-11/h1-6,8,10,13,16-18,24H,7,9H2,(H,25,26)/t13-,16?,17-,18-/m0/s1. The van der Waals surface area contributed by atoms with E-state index in [9.17, 15) is 23.1 Å². The van der Waals surface area contributed by atoms with Crippen LogP contribution in [-0.4, -0.2) is 17.2 Å². The third-order valence-corrected chi connectivity index (χ3v) is 5.32. The average Bonchev–Trinajstić information content (AvgIpc) is 2.66. The molecule has 0 aromatic heterocycles. The maximum Gasteiger partial charge on any atom is 0.416 e. The summed E-state index contributed by atoms with van der Waals surface area (Å²) in [6.45, 7) is 0. The lowest BCUT2D eigenvalue weighted by Gasteiger charge is -2.45. The normalized spacial score (nSPS) is 27.2. The second-order valence-electron chi connectivity index (χ2n) is 6.96. The van der Waals surface area contributed by atoms with E-state index in [0.29, 0.717) is 24.1 Å². The minimum Gasteiger partial charge on any atom is -0.479 e. The molecule has 2 aliphatic heterocycles. The number of hydrogen-bond acceptors (Lipinski definition) is 3. The summed E-state index contributed by atoms with van der Waals surface area (Å²) in [6, 6.07) is 13.0. The van der Waals surface area contributed by atoms with Crippen molar-refractivity contribution in [3.8, 4) is 0 Å². The summed E-state index contributed by atoms with van der Waals surface area (Å²) in [6.07, 6.45) is -5.31. The van der Waals surface area contributed by atoms with E-state index in [1.54, 1.807) is 0 Å². The van der Waals surface area contributed by atoms with Gasteiger partial charge in [-0.05, 0) is 36.6 Å². The van der Waals surface area contributed by atoms with Crippen molar-refractivity contribution in [1.82, 2.24) is 0 Å². The van der Waals surface area contributed by atoms with Gasteiger partial charge in [0.25, 0.3) is 0 Å². The van der Waals surface area contributed by atoms with Gasteiger partial charge in [-0.2, -0.15) is 13.2 Å². The van der Waals surface area contributed by atoms with Crippen molar-refractivity contribution in [3.05, 3.63) is 65.2 Å². The van der Waals surface area contributed by atoms with Crippen LogP contribution in [0, 0.1) is 5.92 Å². The summed E-state index contributed by atoms with van der Waals surface area (Å²) in [5.41, 5.74) is 1.15. The topological polar surface area (TPSA) is 58.6 Å². The van der Waals surface area contributed by atoms with Crippen LogP contribution in [0.15, 0.2) is 48.5 Å². The highest BCUT2D eigenvalue weighted by molar-refractivity contribution is 5.72. The van der Waals surface area contributed by atoms with Gasteiger partial charge < -0.3 is 15.2 Å². The predicted molar refractivity (Wildman–Crippen MR) is 92.2 cm³/mol. The number of carboxylic acids is 1. The molecule has 1 fully saturated rings. The summed E-state index contributed by atoms with van der Waals surface area (Å²) < 4.78 is 45.3. The smallest absolute Gasteiger partial charge is 0.416 e. The van der Waals surface area contributed by atoms with Crippen molar-refractivity contribution in [2.24, 2.45) is 5.92 Å². The second-order valence-corrected chi connectivity index (χ2v) is 6.96. The lowest BCUT2D eigenvalue weighted by Crippen LogP contribution is -2.41. The van der Waals surface area contributed by atoms with Crippen molar-refractivity contribution >= 4 is 11.7 Å². The van der Waals surface area contributed by atoms with Crippen LogP contribution in [0.1, 0.15) is 41.7 Å². The van der Waals surface area contributed by atoms with Gasteiger partial charge in [0.1, 0.15) is 0 Å². The molecule has 4 nitrogen and oxygen atoms in total. The first-order valence-electron chi connectivity index (χ1n) is 8.75. The summed E-state index contributed by atoms with van der Waals surface area (Å²) in [4.78, 5) is 11.4. The van der Waals surface area contributed by atoms with E-state index in [2.05, 4.69) is 5.32 Å². The minimum absolute atomic E-state index is 0.154. The zero-order valence-electron chi connectivity index (χ0n) is 14.2. The third kappa shape index (κ3) is 3.27. The Balaban J connectivity index is 1.78. The van der Waals surface area contributed by atoms with Crippen LogP contribution in [0.5, 0.6) is 0 Å². The number of nitrogens with one attached hydrogen (secondary N) is 1. The summed E-state index contributed by atoms with van der Waals surface area (Å²) in [7, 11) is 0. The van der Waals surface area contributed by atoms with Crippen LogP contribution in [0.4, 0.5) is 18.9 Å². The van der Waals surface area contributed by atoms with Gasteiger partial charge in [0.2, 0.25) is 0 Å². The molecule has 0 saturated carbocycles. The van der Waals surface area contributed by atoms with Crippen LogP contribution in [0.3, 0.4) is 0 Å². The molecule has 2 aromatic rings. The fraction of sp³-hybridized carbons (Fsp3) is 0.350. The zero-order chi connectivity index (χ0) is 19.2. The summed E-state index contributed by atoms with van der Waals surface area (Å²) in [5, 5.41) is 12.7. The quantitative estimate of drug-likeness (QED) is 0.790. The van der Waals surface area contributed by atoms with Crippen LogP contribution in [0.2, 0.25) is 0 Å². The lowest BCUT2D eigenvalue weighted by atomic mass is 9.76. The SMILES string of the molecule is O=C(O)C1CC[C@@H]2[C@H](O1)c1cc(C(F)(F)F)ccc1N[C@H]2c1ccccc1. The zero-order valence-corrected chi connectivity index (χ0v) is 14.2. The van der Waals surface area contributed by atoms with Crippen molar-refractivity contribution in [3.63, 3.8) is 0 Å². The number of carboxylic acid groups (broad SMARTS) is 1. The van der Waals surface area contributed by atoms with E-state index in [1.807, 2.05) is 30.3 Å². The van der Waals surface area contributed by atoms with Crippen LogP contribution >= 0.6 is 0 Å². The van der Waals surface area contributed by atoms with Gasteiger partial charge in [-0.1, -0.05) is 30.3 Å². The summed E-state index contributed by atoms with van der Waals surface area (Å²) >= 11 is 0. The number of aliphatic carboxylic acids is 1. The Morgan fingerprint density at radius 3 is 2.52 bits per heavy atom. The molecule has 2 N–H and O–H groups in total. The molecule has 0 amide bonds. The molecule has 0 radical (unpaired) electrons. The number of ether oxygens (including phenoxy) is 1. The number of benzene rings is 2. The number of carbonyl (C=O) groups is 1. The Labute approximate surface area is 154 Å². The highest BCUT2D eigenvalue weighted by atomic mass is 19.4. The molecule has 142 valence electrons. The fourth-order valence-electron chi connectivity index (χ4n) is 4.04. The molecule has 2 heterocycles. The molecule has 2 aromatic carbocycles. The predicted octanol–water partition coefficient (Wildman–Crippen LogP) is 4.79. The first-order valence-corrected chi connectivity index (χ1v) is 8.75. The van der Waals surface area contributed by atoms with Gasteiger partial charge in [-0.25, -0.2) is 4.79 Å². The Hall–Kier alpha value is -2.54. The molecule has 4 atom stereocenters. The van der Waals surface area contributed by atoms with Crippen molar-refractivity contribution in [1.29, 1.82) is 0 Å².